The Morgan fingerprint density at radius 3 is 2.86 bits per heavy atom. The molecule has 1 N–H and O–H groups in total. The van der Waals surface area contributed by atoms with Crippen molar-refractivity contribution in [3.8, 4) is 5.75 Å². The molecule has 2 rings (SSSR count). The van der Waals surface area contributed by atoms with Gasteiger partial charge in [0.15, 0.2) is 0 Å². The number of urea groups is 1. The van der Waals surface area contributed by atoms with Gasteiger partial charge in [0.25, 0.3) is 0 Å². The first-order valence-corrected chi connectivity index (χ1v) is 7.41. The van der Waals surface area contributed by atoms with Gasteiger partial charge in [-0.3, -0.25) is 0 Å². The van der Waals surface area contributed by atoms with Crippen LogP contribution in [0.25, 0.3) is 0 Å². The van der Waals surface area contributed by atoms with Crippen molar-refractivity contribution in [1.29, 1.82) is 0 Å². The van der Waals surface area contributed by atoms with Gasteiger partial charge in [0.05, 0.1) is 12.8 Å². The quantitative estimate of drug-likeness (QED) is 0.928. The molecular weight excluding hydrogens is 292 g/mol. The fraction of sp³-hybridized carbons (Fsp3) is 0.533. The highest BCUT2D eigenvalue weighted by molar-refractivity contribution is 6.31. The summed E-state index contributed by atoms with van der Waals surface area (Å²) in [6, 6.07) is 4.97. The first-order valence-electron chi connectivity index (χ1n) is 7.03. The highest BCUT2D eigenvalue weighted by atomic mass is 35.5. The van der Waals surface area contributed by atoms with Crippen molar-refractivity contribution < 1.29 is 14.3 Å². The molecule has 0 unspecified atom stereocenters. The van der Waals surface area contributed by atoms with Crippen molar-refractivity contribution in [3.63, 3.8) is 0 Å². The normalized spacial score (nSPS) is 15.6. The Labute approximate surface area is 130 Å². The lowest BCUT2D eigenvalue weighted by Gasteiger charge is -2.27. The fourth-order valence-electron chi connectivity index (χ4n) is 2.39. The van der Waals surface area contributed by atoms with Crippen molar-refractivity contribution in [1.82, 2.24) is 4.90 Å². The van der Waals surface area contributed by atoms with Gasteiger partial charge in [-0.25, -0.2) is 4.79 Å². The molecule has 5 nitrogen and oxygen atoms in total. The van der Waals surface area contributed by atoms with Gasteiger partial charge < -0.3 is 19.7 Å². The van der Waals surface area contributed by atoms with Crippen LogP contribution in [0.3, 0.4) is 0 Å². The average molecular weight is 313 g/mol. The number of ether oxygens (including phenoxy) is 2. The summed E-state index contributed by atoms with van der Waals surface area (Å²) in [5, 5.41) is 3.39. The van der Waals surface area contributed by atoms with E-state index in [4.69, 9.17) is 21.1 Å². The van der Waals surface area contributed by atoms with Gasteiger partial charge in [-0.05, 0) is 37.0 Å². The average Bonchev–Trinajstić information content (AvgIpc) is 2.48. The lowest BCUT2D eigenvalue weighted by atomic mass is 10.00. The Hall–Kier alpha value is -1.46. The third kappa shape index (κ3) is 4.51. The predicted octanol–water partition coefficient (Wildman–Crippen LogP) is 3.24. The summed E-state index contributed by atoms with van der Waals surface area (Å²) in [7, 11) is 3.35. The fourth-order valence-corrected chi connectivity index (χ4v) is 2.56. The standard InChI is InChI=1S/C15H21ClN2O3/c1-18(10-11-5-7-21-8-6-11)15(19)17-13-9-12(16)3-4-14(13)20-2/h3-4,9,11H,5-8,10H2,1-2H3,(H,17,19). The summed E-state index contributed by atoms with van der Waals surface area (Å²) < 4.78 is 10.6. The summed E-state index contributed by atoms with van der Waals surface area (Å²) in [5.74, 6) is 1.09. The van der Waals surface area contributed by atoms with Crippen LogP contribution in [0, 0.1) is 5.92 Å². The van der Waals surface area contributed by atoms with E-state index < -0.39 is 0 Å². The molecule has 0 saturated carbocycles. The zero-order valence-corrected chi connectivity index (χ0v) is 13.2. The molecule has 1 heterocycles. The van der Waals surface area contributed by atoms with E-state index in [1.54, 1.807) is 37.3 Å². The molecule has 116 valence electrons. The van der Waals surface area contributed by atoms with Gasteiger partial charge in [-0.1, -0.05) is 11.6 Å². The third-order valence-electron chi connectivity index (χ3n) is 3.62. The summed E-state index contributed by atoms with van der Waals surface area (Å²) in [6.07, 6.45) is 2.00. The van der Waals surface area contributed by atoms with E-state index in [0.29, 0.717) is 22.4 Å². The molecule has 0 aliphatic carbocycles. The number of hydrogen-bond acceptors (Lipinski definition) is 3. The molecular formula is C15H21ClN2O3. The number of nitrogens with zero attached hydrogens (tertiary/aromatic N) is 1. The molecule has 0 bridgehead atoms. The van der Waals surface area contributed by atoms with Gasteiger partial charge in [-0.2, -0.15) is 0 Å². The van der Waals surface area contributed by atoms with Crippen molar-refractivity contribution in [2.45, 2.75) is 12.8 Å². The molecule has 0 spiro atoms. The highest BCUT2D eigenvalue weighted by Gasteiger charge is 2.19. The lowest BCUT2D eigenvalue weighted by Crippen LogP contribution is -2.37. The van der Waals surface area contributed by atoms with Crippen LogP contribution in [0.5, 0.6) is 5.75 Å². The van der Waals surface area contributed by atoms with E-state index >= 15 is 0 Å². The van der Waals surface area contributed by atoms with Crippen LogP contribution >= 0.6 is 11.6 Å². The molecule has 1 aromatic carbocycles. The topological polar surface area (TPSA) is 50.8 Å². The number of carbonyl (C=O) groups excluding carboxylic acids is 1. The maximum atomic E-state index is 12.3. The van der Waals surface area contributed by atoms with Crippen LogP contribution in [-0.2, 0) is 4.74 Å². The van der Waals surface area contributed by atoms with Crippen LogP contribution in [0.2, 0.25) is 5.02 Å². The number of benzene rings is 1. The monoisotopic (exact) mass is 312 g/mol. The Morgan fingerprint density at radius 1 is 1.48 bits per heavy atom. The van der Waals surface area contributed by atoms with Crippen LogP contribution in [0.4, 0.5) is 10.5 Å². The number of carbonyl (C=O) groups is 1. The number of methoxy groups -OCH3 is 1. The second-order valence-electron chi connectivity index (χ2n) is 5.21. The molecule has 1 fully saturated rings. The Kier molecular flexibility index (Phi) is 5.70. The molecule has 1 saturated heterocycles. The first-order chi connectivity index (χ1) is 10.1. The maximum absolute atomic E-state index is 12.3. The molecule has 1 aliphatic heterocycles. The molecule has 0 atom stereocenters. The minimum absolute atomic E-state index is 0.165. The van der Waals surface area contributed by atoms with E-state index in [-0.39, 0.29) is 6.03 Å². The Bertz CT molecular complexity index is 490. The minimum Gasteiger partial charge on any atom is -0.495 e. The molecule has 21 heavy (non-hydrogen) atoms. The van der Waals surface area contributed by atoms with Crippen molar-refractivity contribution >= 4 is 23.3 Å². The summed E-state index contributed by atoms with van der Waals surface area (Å²) in [5.41, 5.74) is 0.578. The van der Waals surface area contributed by atoms with E-state index in [1.807, 2.05) is 0 Å². The van der Waals surface area contributed by atoms with E-state index in [2.05, 4.69) is 5.32 Å². The number of amides is 2. The molecule has 0 radical (unpaired) electrons. The summed E-state index contributed by atoms with van der Waals surface area (Å²) >= 11 is 5.96. The predicted molar refractivity (Wildman–Crippen MR) is 83.2 cm³/mol. The van der Waals surface area contributed by atoms with E-state index in [9.17, 15) is 4.79 Å². The van der Waals surface area contributed by atoms with Gasteiger partial charge in [0, 0.05) is 31.8 Å². The van der Waals surface area contributed by atoms with Crippen molar-refractivity contribution in [2.24, 2.45) is 5.92 Å². The Balaban J connectivity index is 1.95. The first kappa shape index (κ1) is 15.9. The van der Waals surface area contributed by atoms with Crippen molar-refractivity contribution in [3.05, 3.63) is 23.2 Å². The van der Waals surface area contributed by atoms with Crippen LogP contribution < -0.4 is 10.1 Å². The summed E-state index contributed by atoms with van der Waals surface area (Å²) in [6.45, 7) is 2.28. The number of rotatable bonds is 4. The van der Waals surface area contributed by atoms with E-state index in [0.717, 1.165) is 32.6 Å². The van der Waals surface area contributed by atoms with Crippen LogP contribution in [0.1, 0.15) is 12.8 Å². The van der Waals surface area contributed by atoms with Crippen LogP contribution in [-0.4, -0.2) is 44.8 Å². The van der Waals surface area contributed by atoms with Gasteiger partial charge >= 0.3 is 6.03 Å². The van der Waals surface area contributed by atoms with Crippen LogP contribution in [0.15, 0.2) is 18.2 Å². The van der Waals surface area contributed by atoms with Gasteiger partial charge in [0.1, 0.15) is 5.75 Å². The molecule has 0 aromatic heterocycles. The van der Waals surface area contributed by atoms with Gasteiger partial charge in [-0.15, -0.1) is 0 Å². The number of halogens is 1. The highest BCUT2D eigenvalue weighted by Crippen LogP contribution is 2.28. The number of anilines is 1. The van der Waals surface area contributed by atoms with E-state index in [1.165, 1.54) is 0 Å². The van der Waals surface area contributed by atoms with Gasteiger partial charge in [0.2, 0.25) is 0 Å². The second kappa shape index (κ2) is 7.52. The largest absolute Gasteiger partial charge is 0.495 e. The lowest BCUT2D eigenvalue weighted by molar-refractivity contribution is 0.0592. The number of hydrogen-bond donors (Lipinski definition) is 1. The minimum atomic E-state index is -0.165. The third-order valence-corrected chi connectivity index (χ3v) is 3.86. The number of nitrogens with one attached hydrogen (secondary N) is 1. The zero-order valence-electron chi connectivity index (χ0n) is 12.4. The molecule has 1 aromatic rings. The maximum Gasteiger partial charge on any atom is 0.321 e. The summed E-state index contributed by atoms with van der Waals surface area (Å²) in [4.78, 5) is 13.9. The molecule has 2 amide bonds. The molecule has 1 aliphatic rings. The molecule has 6 heteroatoms. The Morgan fingerprint density at radius 2 is 2.19 bits per heavy atom. The smallest absolute Gasteiger partial charge is 0.321 e. The SMILES string of the molecule is COc1ccc(Cl)cc1NC(=O)N(C)CC1CCOCC1. The zero-order chi connectivity index (χ0) is 15.2. The second-order valence-corrected chi connectivity index (χ2v) is 5.65. The van der Waals surface area contributed by atoms with Crippen molar-refractivity contribution in [2.75, 3.05) is 39.2 Å².